The Morgan fingerprint density at radius 2 is 1.71 bits per heavy atom. The molecule has 0 aliphatic rings. The molecule has 6 nitrogen and oxygen atoms in total. The smallest absolute Gasteiger partial charge is 0.407 e. The number of ether oxygens (including phenoxy) is 2. The van der Waals surface area contributed by atoms with Gasteiger partial charge in [0.2, 0.25) is 0 Å². The molecule has 0 aromatic rings. The van der Waals surface area contributed by atoms with E-state index in [1.54, 1.807) is 0 Å². The Bertz CT molecular complexity index is 367. The third kappa shape index (κ3) is 10.5. The second-order valence-corrected chi connectivity index (χ2v) is 7.00. The van der Waals surface area contributed by atoms with Gasteiger partial charge in [0, 0.05) is 13.1 Å². The van der Waals surface area contributed by atoms with Crippen molar-refractivity contribution in [2.45, 2.75) is 78.4 Å². The van der Waals surface area contributed by atoms with Crippen molar-refractivity contribution in [1.29, 1.82) is 0 Å². The molecule has 0 aliphatic heterocycles. The maximum Gasteiger partial charge on any atom is 0.407 e. The Balaban J connectivity index is 4.65. The number of alkyl carbamates (subject to hydrolysis) is 1. The second-order valence-electron chi connectivity index (χ2n) is 7.00. The number of hydrogen-bond donors (Lipinski definition) is 1. The van der Waals surface area contributed by atoms with Crippen LogP contribution in [0.2, 0.25) is 0 Å². The molecule has 0 spiro atoms. The van der Waals surface area contributed by atoms with E-state index in [2.05, 4.69) is 24.1 Å². The normalized spacial score (nSPS) is 12.8. The number of nitrogens with zero attached hydrogens (tertiary/aromatic N) is 1. The molecule has 0 radical (unpaired) electrons. The van der Waals surface area contributed by atoms with Crippen molar-refractivity contribution >= 4 is 12.1 Å². The van der Waals surface area contributed by atoms with Crippen LogP contribution in [0.5, 0.6) is 0 Å². The molecule has 0 rings (SSSR count). The molecule has 0 bridgehead atoms. The van der Waals surface area contributed by atoms with E-state index in [-0.39, 0.29) is 12.0 Å². The molecule has 24 heavy (non-hydrogen) atoms. The summed E-state index contributed by atoms with van der Waals surface area (Å²) < 4.78 is 10.2. The zero-order chi connectivity index (χ0) is 18.6. The maximum absolute atomic E-state index is 12.1. The highest BCUT2D eigenvalue weighted by Gasteiger charge is 2.26. The topological polar surface area (TPSA) is 67.9 Å². The van der Waals surface area contributed by atoms with Gasteiger partial charge < -0.3 is 14.8 Å². The first-order valence-electron chi connectivity index (χ1n) is 9.03. The van der Waals surface area contributed by atoms with Crippen LogP contribution in [0.4, 0.5) is 4.79 Å². The third-order valence-corrected chi connectivity index (χ3v) is 3.61. The minimum atomic E-state index is -0.512. The van der Waals surface area contributed by atoms with Gasteiger partial charge in [-0.05, 0) is 40.2 Å². The number of unbranched alkanes of at least 4 members (excludes halogenated alkanes) is 2. The van der Waals surface area contributed by atoms with Gasteiger partial charge in [-0.3, -0.25) is 9.69 Å². The molecule has 0 aliphatic carbocycles. The lowest BCUT2D eigenvalue weighted by molar-refractivity contribution is -0.147. The van der Waals surface area contributed by atoms with Crippen molar-refractivity contribution in [1.82, 2.24) is 10.2 Å². The van der Waals surface area contributed by atoms with Gasteiger partial charge >= 0.3 is 12.1 Å². The highest BCUT2D eigenvalue weighted by molar-refractivity contribution is 5.75. The van der Waals surface area contributed by atoms with E-state index in [9.17, 15) is 9.59 Å². The summed E-state index contributed by atoms with van der Waals surface area (Å²) in [6.07, 6.45) is 4.41. The number of carbonyl (C=O) groups is 2. The van der Waals surface area contributed by atoms with Gasteiger partial charge in [-0.1, -0.05) is 33.1 Å². The predicted molar refractivity (Wildman–Crippen MR) is 96.0 cm³/mol. The zero-order valence-electron chi connectivity index (χ0n) is 16.3. The summed E-state index contributed by atoms with van der Waals surface area (Å²) in [6, 6.07) is -0.248. The lowest BCUT2D eigenvalue weighted by Crippen LogP contribution is -2.46. The molecule has 0 unspecified atom stereocenters. The molecule has 0 aromatic carbocycles. The van der Waals surface area contributed by atoms with E-state index in [4.69, 9.17) is 9.47 Å². The zero-order valence-corrected chi connectivity index (χ0v) is 16.3. The van der Waals surface area contributed by atoms with E-state index in [0.29, 0.717) is 13.1 Å². The fourth-order valence-electron chi connectivity index (χ4n) is 2.38. The van der Waals surface area contributed by atoms with Gasteiger partial charge in [0.15, 0.2) is 0 Å². The fraction of sp³-hybridized carbons (Fsp3) is 0.889. The van der Waals surface area contributed by atoms with Crippen molar-refractivity contribution in [3.63, 3.8) is 0 Å². The third-order valence-electron chi connectivity index (χ3n) is 3.61. The van der Waals surface area contributed by atoms with Crippen LogP contribution in [0.25, 0.3) is 0 Å². The number of amides is 1. The number of methoxy groups -OCH3 is 1. The van der Waals surface area contributed by atoms with Crippen LogP contribution >= 0.6 is 0 Å². The van der Waals surface area contributed by atoms with Gasteiger partial charge in [0.25, 0.3) is 0 Å². The Labute approximate surface area is 147 Å². The molecule has 6 heteroatoms. The summed E-state index contributed by atoms with van der Waals surface area (Å²) in [5.74, 6) is -0.197. The number of hydrogen-bond acceptors (Lipinski definition) is 5. The Morgan fingerprint density at radius 3 is 2.21 bits per heavy atom. The summed E-state index contributed by atoms with van der Waals surface area (Å²) in [4.78, 5) is 26.0. The second kappa shape index (κ2) is 12.1. The predicted octanol–water partition coefficient (Wildman–Crippen LogP) is 3.35. The summed E-state index contributed by atoms with van der Waals surface area (Å²) in [5, 5.41) is 2.76. The molecule has 142 valence electrons. The fourth-order valence-corrected chi connectivity index (χ4v) is 2.38. The molecule has 1 amide bonds. The van der Waals surface area contributed by atoms with Crippen molar-refractivity contribution in [3.8, 4) is 0 Å². The molecule has 0 saturated carbocycles. The highest BCUT2D eigenvalue weighted by Crippen LogP contribution is 2.12. The summed E-state index contributed by atoms with van der Waals surface area (Å²) in [6.45, 7) is 11.6. The molecule has 0 fully saturated rings. The average Bonchev–Trinajstić information content (AvgIpc) is 2.49. The molecule has 0 saturated heterocycles. The van der Waals surface area contributed by atoms with Crippen molar-refractivity contribution in [2.75, 3.05) is 26.7 Å². The van der Waals surface area contributed by atoms with Crippen LogP contribution in [0.1, 0.15) is 66.7 Å². The Kier molecular flexibility index (Phi) is 11.5. The van der Waals surface area contributed by atoms with Crippen LogP contribution < -0.4 is 5.32 Å². The quantitative estimate of drug-likeness (QED) is 0.582. The number of carbonyl (C=O) groups excluding carboxylic acids is 2. The molecule has 1 atom stereocenters. The first-order chi connectivity index (χ1) is 11.2. The SMILES string of the molecule is CCCC[C@@H](C(=O)OC)N(CCCC)CCNC(=O)OC(C)(C)C. The van der Waals surface area contributed by atoms with Crippen molar-refractivity contribution < 1.29 is 19.1 Å². The molecule has 0 heterocycles. The number of esters is 1. The first kappa shape index (κ1) is 22.7. The number of rotatable bonds is 11. The number of nitrogens with one attached hydrogen (secondary N) is 1. The van der Waals surface area contributed by atoms with Gasteiger partial charge in [-0.15, -0.1) is 0 Å². The van der Waals surface area contributed by atoms with E-state index in [0.717, 1.165) is 38.6 Å². The largest absolute Gasteiger partial charge is 0.468 e. The maximum atomic E-state index is 12.1. The summed E-state index contributed by atoms with van der Waals surface area (Å²) in [7, 11) is 1.43. The summed E-state index contributed by atoms with van der Waals surface area (Å²) >= 11 is 0. The van der Waals surface area contributed by atoms with Gasteiger partial charge in [-0.25, -0.2) is 4.79 Å². The van der Waals surface area contributed by atoms with Gasteiger partial charge in [-0.2, -0.15) is 0 Å². The first-order valence-corrected chi connectivity index (χ1v) is 9.03. The van der Waals surface area contributed by atoms with E-state index in [1.807, 2.05) is 20.8 Å². The van der Waals surface area contributed by atoms with Crippen LogP contribution in [-0.4, -0.2) is 55.3 Å². The van der Waals surface area contributed by atoms with Crippen LogP contribution in [0.3, 0.4) is 0 Å². The van der Waals surface area contributed by atoms with Crippen molar-refractivity contribution in [2.24, 2.45) is 0 Å². The van der Waals surface area contributed by atoms with Crippen molar-refractivity contribution in [3.05, 3.63) is 0 Å². The van der Waals surface area contributed by atoms with Crippen LogP contribution in [-0.2, 0) is 14.3 Å². The van der Waals surface area contributed by atoms with E-state index < -0.39 is 11.7 Å². The van der Waals surface area contributed by atoms with Crippen LogP contribution in [0.15, 0.2) is 0 Å². The van der Waals surface area contributed by atoms with E-state index in [1.165, 1.54) is 7.11 Å². The standard InChI is InChI=1S/C18H36N2O4/c1-7-9-11-15(16(21)23-6)20(13-10-8-2)14-12-19-17(22)24-18(3,4)5/h15H,7-14H2,1-6H3,(H,19,22)/t15-/m0/s1. The lowest BCUT2D eigenvalue weighted by atomic mass is 10.1. The molecule has 0 aromatic heterocycles. The van der Waals surface area contributed by atoms with Crippen LogP contribution in [0, 0.1) is 0 Å². The molecular formula is C18H36N2O4. The average molecular weight is 344 g/mol. The van der Waals surface area contributed by atoms with Gasteiger partial charge in [0.1, 0.15) is 11.6 Å². The molecule has 1 N–H and O–H groups in total. The summed E-state index contributed by atoms with van der Waals surface area (Å²) in [5.41, 5.74) is -0.512. The lowest BCUT2D eigenvalue weighted by Gasteiger charge is -2.30. The minimum Gasteiger partial charge on any atom is -0.468 e. The monoisotopic (exact) mass is 344 g/mol. The van der Waals surface area contributed by atoms with Gasteiger partial charge in [0.05, 0.1) is 7.11 Å². The highest BCUT2D eigenvalue weighted by atomic mass is 16.6. The van der Waals surface area contributed by atoms with E-state index >= 15 is 0 Å². The minimum absolute atomic E-state index is 0.197. The molecular weight excluding hydrogens is 308 g/mol. The Morgan fingerprint density at radius 1 is 1.08 bits per heavy atom. The Hall–Kier alpha value is -1.30.